The van der Waals surface area contributed by atoms with Gasteiger partial charge in [-0.1, -0.05) is 13.8 Å². The number of hydrogen-bond acceptors (Lipinski definition) is 6. The maximum absolute atomic E-state index is 12.3. The third-order valence-corrected chi connectivity index (χ3v) is 4.09. The highest BCUT2D eigenvalue weighted by molar-refractivity contribution is 5.96. The van der Waals surface area contributed by atoms with Crippen LogP contribution in [0.15, 0.2) is 41.5 Å². The molecule has 2 aromatic rings. The van der Waals surface area contributed by atoms with Gasteiger partial charge in [0.15, 0.2) is 11.5 Å². The summed E-state index contributed by atoms with van der Waals surface area (Å²) in [5, 5.41) is 6.78. The van der Waals surface area contributed by atoms with Crippen LogP contribution in [0.2, 0.25) is 0 Å². The lowest BCUT2D eigenvalue weighted by molar-refractivity contribution is -0.116. The number of benzene rings is 2. The number of rotatable bonds is 9. The maximum Gasteiger partial charge on any atom is 0.271 e. The van der Waals surface area contributed by atoms with Crippen molar-refractivity contribution in [1.82, 2.24) is 5.43 Å². The first-order valence-electron chi connectivity index (χ1n) is 9.41. The molecule has 0 saturated carbocycles. The molecule has 0 heterocycles. The van der Waals surface area contributed by atoms with Crippen molar-refractivity contribution in [3.05, 3.63) is 47.5 Å². The molecule has 30 heavy (non-hydrogen) atoms. The second-order valence-electron chi connectivity index (χ2n) is 6.88. The van der Waals surface area contributed by atoms with E-state index in [0.29, 0.717) is 40.5 Å². The van der Waals surface area contributed by atoms with E-state index in [2.05, 4.69) is 15.8 Å². The van der Waals surface area contributed by atoms with Gasteiger partial charge in [0.2, 0.25) is 11.7 Å². The lowest BCUT2D eigenvalue weighted by Gasteiger charge is -2.12. The fourth-order valence-electron chi connectivity index (χ4n) is 2.69. The molecule has 0 bridgehead atoms. The lowest BCUT2D eigenvalue weighted by Crippen LogP contribution is -2.18. The lowest BCUT2D eigenvalue weighted by atomic mass is 10.1. The van der Waals surface area contributed by atoms with Crippen molar-refractivity contribution >= 4 is 23.7 Å². The fourth-order valence-corrected chi connectivity index (χ4v) is 2.69. The second-order valence-corrected chi connectivity index (χ2v) is 6.88. The summed E-state index contributed by atoms with van der Waals surface area (Å²) in [6.07, 6.45) is 1.92. The first-order chi connectivity index (χ1) is 14.4. The molecule has 8 heteroatoms. The van der Waals surface area contributed by atoms with Crippen LogP contribution in [-0.4, -0.2) is 39.4 Å². The van der Waals surface area contributed by atoms with E-state index >= 15 is 0 Å². The van der Waals surface area contributed by atoms with E-state index in [-0.39, 0.29) is 17.7 Å². The van der Waals surface area contributed by atoms with Crippen LogP contribution < -0.4 is 25.0 Å². The van der Waals surface area contributed by atoms with Crippen molar-refractivity contribution in [2.24, 2.45) is 11.0 Å². The minimum Gasteiger partial charge on any atom is -0.493 e. The van der Waals surface area contributed by atoms with Gasteiger partial charge < -0.3 is 19.5 Å². The summed E-state index contributed by atoms with van der Waals surface area (Å²) in [5.41, 5.74) is 4.18. The molecule has 2 N–H and O–H groups in total. The Balaban J connectivity index is 2.01. The van der Waals surface area contributed by atoms with E-state index in [1.807, 2.05) is 13.8 Å². The number of nitrogens with zero attached hydrogens (tertiary/aromatic N) is 1. The van der Waals surface area contributed by atoms with Gasteiger partial charge in [0, 0.05) is 23.2 Å². The Labute approximate surface area is 176 Å². The number of nitrogens with one attached hydrogen (secondary N) is 2. The molecule has 0 radical (unpaired) electrons. The zero-order valence-electron chi connectivity index (χ0n) is 17.8. The highest BCUT2D eigenvalue weighted by Gasteiger charge is 2.12. The number of amides is 2. The molecule has 0 unspecified atom stereocenters. The molecule has 160 valence electrons. The molecule has 0 aromatic heterocycles. The Morgan fingerprint density at radius 2 is 1.60 bits per heavy atom. The van der Waals surface area contributed by atoms with Crippen molar-refractivity contribution in [2.75, 3.05) is 26.6 Å². The number of anilines is 1. The van der Waals surface area contributed by atoms with E-state index in [9.17, 15) is 9.59 Å². The molecule has 0 atom stereocenters. The fraction of sp³-hybridized carbons (Fsp3) is 0.318. The molecular formula is C22H27N3O5. The standard InChI is InChI=1S/C22H27N3O5/c1-14(2)10-20(26)24-17-8-6-16(7-9-17)22(27)25-23-13-15-11-18(28-3)21(30-5)19(12-15)29-4/h6-9,11-14H,10H2,1-5H3,(H,24,26)(H,25,27)/b23-13+. The van der Waals surface area contributed by atoms with Crippen LogP contribution in [0.3, 0.4) is 0 Å². The van der Waals surface area contributed by atoms with E-state index in [0.717, 1.165) is 0 Å². The van der Waals surface area contributed by atoms with E-state index in [1.54, 1.807) is 36.4 Å². The number of carbonyl (C=O) groups is 2. The smallest absolute Gasteiger partial charge is 0.271 e. The van der Waals surface area contributed by atoms with Gasteiger partial charge >= 0.3 is 0 Å². The maximum atomic E-state index is 12.3. The Morgan fingerprint density at radius 1 is 1.00 bits per heavy atom. The largest absolute Gasteiger partial charge is 0.493 e. The monoisotopic (exact) mass is 413 g/mol. The summed E-state index contributed by atoms with van der Waals surface area (Å²) in [5.74, 6) is 1.29. The highest BCUT2D eigenvalue weighted by atomic mass is 16.5. The highest BCUT2D eigenvalue weighted by Crippen LogP contribution is 2.37. The van der Waals surface area contributed by atoms with Crippen molar-refractivity contribution < 1.29 is 23.8 Å². The average Bonchev–Trinajstić information content (AvgIpc) is 2.72. The zero-order valence-corrected chi connectivity index (χ0v) is 17.8. The van der Waals surface area contributed by atoms with E-state index in [1.165, 1.54) is 27.5 Å². The third-order valence-electron chi connectivity index (χ3n) is 4.09. The second kappa shape index (κ2) is 10.8. The Morgan fingerprint density at radius 3 is 2.10 bits per heavy atom. The summed E-state index contributed by atoms with van der Waals surface area (Å²) in [6, 6.07) is 10.0. The van der Waals surface area contributed by atoms with Crippen molar-refractivity contribution in [2.45, 2.75) is 20.3 Å². The van der Waals surface area contributed by atoms with Crippen molar-refractivity contribution in [1.29, 1.82) is 0 Å². The van der Waals surface area contributed by atoms with Crippen LogP contribution in [0.5, 0.6) is 17.2 Å². The number of methoxy groups -OCH3 is 3. The normalized spacial score (nSPS) is 10.7. The quantitative estimate of drug-likeness (QED) is 0.485. The van der Waals surface area contributed by atoms with Gasteiger partial charge in [-0.2, -0.15) is 5.10 Å². The Bertz CT molecular complexity index is 882. The first-order valence-corrected chi connectivity index (χ1v) is 9.41. The van der Waals surface area contributed by atoms with Gasteiger partial charge in [0.25, 0.3) is 5.91 Å². The molecule has 0 fully saturated rings. The number of hydrogen-bond donors (Lipinski definition) is 2. The molecule has 2 rings (SSSR count). The topological polar surface area (TPSA) is 98.2 Å². The minimum absolute atomic E-state index is 0.0582. The third kappa shape index (κ3) is 6.23. The van der Waals surface area contributed by atoms with E-state index < -0.39 is 0 Å². The first kappa shape index (κ1) is 22.7. The molecular weight excluding hydrogens is 386 g/mol. The van der Waals surface area contributed by atoms with Gasteiger partial charge in [-0.15, -0.1) is 0 Å². The molecule has 0 aliphatic rings. The molecule has 2 amide bonds. The zero-order chi connectivity index (χ0) is 22.1. The van der Waals surface area contributed by atoms with Crippen molar-refractivity contribution in [3.8, 4) is 17.2 Å². The Kier molecular flexibility index (Phi) is 8.22. The van der Waals surface area contributed by atoms with E-state index in [4.69, 9.17) is 14.2 Å². The number of carbonyl (C=O) groups excluding carboxylic acids is 2. The molecule has 2 aromatic carbocycles. The van der Waals surface area contributed by atoms with Gasteiger partial charge in [-0.3, -0.25) is 9.59 Å². The Hall–Kier alpha value is -3.55. The van der Waals surface area contributed by atoms with Gasteiger partial charge in [0.1, 0.15) is 0 Å². The minimum atomic E-state index is -0.376. The predicted octanol–water partition coefficient (Wildman–Crippen LogP) is 3.46. The molecule has 0 spiro atoms. The van der Waals surface area contributed by atoms with Gasteiger partial charge in [-0.25, -0.2) is 5.43 Å². The summed E-state index contributed by atoms with van der Waals surface area (Å²) in [7, 11) is 4.57. The average molecular weight is 413 g/mol. The molecule has 0 aliphatic heterocycles. The summed E-state index contributed by atoms with van der Waals surface area (Å²) in [4.78, 5) is 24.1. The number of hydrazone groups is 1. The summed E-state index contributed by atoms with van der Waals surface area (Å²) in [6.45, 7) is 3.96. The van der Waals surface area contributed by atoms with Crippen molar-refractivity contribution in [3.63, 3.8) is 0 Å². The van der Waals surface area contributed by atoms with Gasteiger partial charge in [-0.05, 0) is 42.3 Å². The number of ether oxygens (including phenoxy) is 3. The van der Waals surface area contributed by atoms with Gasteiger partial charge in [0.05, 0.1) is 27.5 Å². The van der Waals surface area contributed by atoms with Crippen LogP contribution in [-0.2, 0) is 4.79 Å². The SMILES string of the molecule is COc1cc(/C=N/NC(=O)c2ccc(NC(=O)CC(C)C)cc2)cc(OC)c1OC. The molecule has 0 saturated heterocycles. The van der Waals surface area contributed by atoms with Crippen LogP contribution in [0.1, 0.15) is 36.2 Å². The van der Waals surface area contributed by atoms with Crippen LogP contribution in [0, 0.1) is 5.92 Å². The van der Waals surface area contributed by atoms with Crippen LogP contribution >= 0.6 is 0 Å². The molecule has 0 aliphatic carbocycles. The van der Waals surface area contributed by atoms with Crippen LogP contribution in [0.4, 0.5) is 5.69 Å². The summed E-state index contributed by atoms with van der Waals surface area (Å²) < 4.78 is 15.9. The van der Waals surface area contributed by atoms with Crippen LogP contribution in [0.25, 0.3) is 0 Å². The predicted molar refractivity (Wildman–Crippen MR) is 116 cm³/mol. The summed E-state index contributed by atoms with van der Waals surface area (Å²) >= 11 is 0. The molecule has 8 nitrogen and oxygen atoms in total.